The third-order valence-electron chi connectivity index (χ3n) is 3.55. The van der Waals surface area contributed by atoms with Crippen molar-refractivity contribution in [2.45, 2.75) is 45.1 Å². The van der Waals surface area contributed by atoms with Crippen molar-refractivity contribution in [2.24, 2.45) is 0 Å². The van der Waals surface area contributed by atoms with Gasteiger partial charge < -0.3 is 14.1 Å². The number of aryl methyl sites for hydroxylation is 1. The molecular formula is C15H21NO4. The van der Waals surface area contributed by atoms with E-state index in [0.717, 1.165) is 18.6 Å². The van der Waals surface area contributed by atoms with E-state index in [2.05, 4.69) is 0 Å². The van der Waals surface area contributed by atoms with Crippen molar-refractivity contribution in [3.05, 3.63) is 24.2 Å². The zero-order valence-corrected chi connectivity index (χ0v) is 11.8. The fourth-order valence-electron chi connectivity index (χ4n) is 2.54. The number of nitrogens with zero attached hydrogens (tertiary/aromatic N) is 1. The van der Waals surface area contributed by atoms with Crippen molar-refractivity contribution in [3.63, 3.8) is 0 Å². The lowest BCUT2D eigenvalue weighted by molar-refractivity contribution is -0.156. The molecule has 1 aromatic rings. The number of piperidine rings is 1. The van der Waals surface area contributed by atoms with E-state index in [0.29, 0.717) is 32.4 Å². The summed E-state index contributed by atoms with van der Waals surface area (Å²) < 4.78 is 10.3. The number of furan rings is 1. The van der Waals surface area contributed by atoms with Crippen LogP contribution in [0.2, 0.25) is 0 Å². The average molecular weight is 279 g/mol. The molecule has 1 aromatic heterocycles. The van der Waals surface area contributed by atoms with E-state index in [-0.39, 0.29) is 11.9 Å². The lowest BCUT2D eigenvalue weighted by Crippen LogP contribution is -2.48. The Morgan fingerprint density at radius 3 is 3.00 bits per heavy atom. The largest absolute Gasteiger partial charge is 0.469 e. The van der Waals surface area contributed by atoms with E-state index in [1.54, 1.807) is 18.1 Å². The van der Waals surface area contributed by atoms with Crippen molar-refractivity contribution >= 4 is 11.9 Å². The van der Waals surface area contributed by atoms with Crippen LogP contribution in [0.1, 0.15) is 38.4 Å². The molecule has 0 aromatic carbocycles. The second-order valence-electron chi connectivity index (χ2n) is 4.93. The Balaban J connectivity index is 1.92. The molecule has 1 saturated heterocycles. The van der Waals surface area contributed by atoms with E-state index in [1.165, 1.54) is 0 Å². The van der Waals surface area contributed by atoms with Crippen LogP contribution in [0.4, 0.5) is 0 Å². The van der Waals surface area contributed by atoms with Crippen molar-refractivity contribution in [2.75, 3.05) is 13.2 Å². The Morgan fingerprint density at radius 1 is 1.45 bits per heavy atom. The van der Waals surface area contributed by atoms with Gasteiger partial charge >= 0.3 is 5.97 Å². The minimum Gasteiger partial charge on any atom is -0.469 e. The van der Waals surface area contributed by atoms with Gasteiger partial charge in [-0.25, -0.2) is 4.79 Å². The smallest absolute Gasteiger partial charge is 0.328 e. The van der Waals surface area contributed by atoms with E-state index in [1.807, 2.05) is 12.1 Å². The molecule has 0 radical (unpaired) electrons. The molecule has 0 bridgehead atoms. The molecule has 2 heterocycles. The molecule has 0 spiro atoms. The number of rotatable bonds is 5. The third kappa shape index (κ3) is 3.62. The second-order valence-corrected chi connectivity index (χ2v) is 4.93. The highest BCUT2D eigenvalue weighted by Gasteiger charge is 2.32. The van der Waals surface area contributed by atoms with Gasteiger partial charge in [0, 0.05) is 19.4 Å². The highest BCUT2D eigenvalue weighted by molar-refractivity contribution is 5.84. The van der Waals surface area contributed by atoms with Gasteiger partial charge in [0.15, 0.2) is 0 Å². The number of amides is 1. The fraction of sp³-hybridized carbons (Fsp3) is 0.600. The first kappa shape index (κ1) is 14.6. The van der Waals surface area contributed by atoms with Gasteiger partial charge in [0.05, 0.1) is 12.9 Å². The first-order valence-electron chi connectivity index (χ1n) is 7.21. The number of hydrogen-bond donors (Lipinski definition) is 0. The molecule has 1 aliphatic rings. The predicted octanol–water partition coefficient (Wildman–Crippen LogP) is 2.16. The van der Waals surface area contributed by atoms with Crippen LogP contribution in [0.5, 0.6) is 0 Å². The van der Waals surface area contributed by atoms with Gasteiger partial charge in [0.25, 0.3) is 0 Å². The van der Waals surface area contributed by atoms with Crippen molar-refractivity contribution in [1.82, 2.24) is 4.90 Å². The quantitative estimate of drug-likeness (QED) is 0.775. The Labute approximate surface area is 118 Å². The Morgan fingerprint density at radius 2 is 2.30 bits per heavy atom. The van der Waals surface area contributed by atoms with Crippen molar-refractivity contribution in [3.8, 4) is 0 Å². The summed E-state index contributed by atoms with van der Waals surface area (Å²) in [4.78, 5) is 25.9. The standard InChI is InChI=1S/C15H21NO4/c1-2-19-15(18)13-7-3-4-10-16(13)14(17)9-8-12-6-5-11-20-12/h5-6,11,13H,2-4,7-10H2,1H3. The maximum Gasteiger partial charge on any atom is 0.328 e. The molecule has 1 atom stereocenters. The molecule has 1 unspecified atom stereocenters. The van der Waals surface area contributed by atoms with Gasteiger partial charge in [-0.15, -0.1) is 0 Å². The molecule has 1 fully saturated rings. The topological polar surface area (TPSA) is 59.8 Å². The number of esters is 1. The van der Waals surface area contributed by atoms with Gasteiger partial charge in [-0.2, -0.15) is 0 Å². The number of ether oxygens (including phenoxy) is 1. The first-order chi connectivity index (χ1) is 9.72. The molecule has 2 rings (SSSR count). The number of hydrogen-bond acceptors (Lipinski definition) is 4. The molecule has 0 N–H and O–H groups in total. The second kappa shape index (κ2) is 7.12. The zero-order valence-electron chi connectivity index (χ0n) is 11.8. The van der Waals surface area contributed by atoms with E-state index >= 15 is 0 Å². The predicted molar refractivity (Wildman–Crippen MR) is 73.0 cm³/mol. The highest BCUT2D eigenvalue weighted by Crippen LogP contribution is 2.20. The van der Waals surface area contributed by atoms with Crippen LogP contribution < -0.4 is 0 Å². The molecule has 1 aliphatic heterocycles. The van der Waals surface area contributed by atoms with Crippen molar-refractivity contribution < 1.29 is 18.7 Å². The summed E-state index contributed by atoms with van der Waals surface area (Å²) in [6.07, 6.45) is 5.14. The van der Waals surface area contributed by atoms with E-state index in [4.69, 9.17) is 9.15 Å². The van der Waals surface area contributed by atoms with Crippen LogP contribution >= 0.6 is 0 Å². The summed E-state index contributed by atoms with van der Waals surface area (Å²) in [6.45, 7) is 2.77. The van der Waals surface area contributed by atoms with Gasteiger partial charge in [0.1, 0.15) is 11.8 Å². The van der Waals surface area contributed by atoms with Crippen molar-refractivity contribution in [1.29, 1.82) is 0 Å². The Kier molecular flexibility index (Phi) is 5.21. The minimum absolute atomic E-state index is 0.000784. The molecule has 0 aliphatic carbocycles. The average Bonchev–Trinajstić information content (AvgIpc) is 2.98. The molecule has 20 heavy (non-hydrogen) atoms. The summed E-state index contributed by atoms with van der Waals surface area (Å²) in [5.74, 6) is 0.515. The van der Waals surface area contributed by atoms with Crippen LogP contribution in [0.15, 0.2) is 22.8 Å². The highest BCUT2D eigenvalue weighted by atomic mass is 16.5. The van der Waals surface area contributed by atoms with Gasteiger partial charge in [-0.3, -0.25) is 4.79 Å². The first-order valence-corrected chi connectivity index (χ1v) is 7.21. The SMILES string of the molecule is CCOC(=O)C1CCCCN1C(=O)CCc1ccco1. The van der Waals surface area contributed by atoms with E-state index < -0.39 is 6.04 Å². The monoisotopic (exact) mass is 279 g/mol. The van der Waals surface area contributed by atoms with Crippen LogP contribution in [-0.2, 0) is 20.7 Å². The molecule has 0 saturated carbocycles. The van der Waals surface area contributed by atoms with Crippen LogP contribution in [0.25, 0.3) is 0 Å². The summed E-state index contributed by atoms with van der Waals surface area (Å²) in [6, 6.07) is 3.25. The summed E-state index contributed by atoms with van der Waals surface area (Å²) in [5, 5.41) is 0. The van der Waals surface area contributed by atoms with Gasteiger partial charge in [0.2, 0.25) is 5.91 Å². The normalized spacial score (nSPS) is 18.9. The molecular weight excluding hydrogens is 258 g/mol. The third-order valence-corrected chi connectivity index (χ3v) is 3.55. The van der Waals surface area contributed by atoms with E-state index in [9.17, 15) is 9.59 Å². The van der Waals surface area contributed by atoms with Gasteiger partial charge in [-0.1, -0.05) is 0 Å². The zero-order chi connectivity index (χ0) is 14.4. The molecule has 5 nitrogen and oxygen atoms in total. The van der Waals surface area contributed by atoms with Crippen LogP contribution in [0.3, 0.4) is 0 Å². The maximum atomic E-state index is 12.3. The summed E-state index contributed by atoms with van der Waals surface area (Å²) in [5.41, 5.74) is 0. The Hall–Kier alpha value is -1.78. The number of carbonyl (C=O) groups is 2. The van der Waals surface area contributed by atoms with Gasteiger partial charge in [-0.05, 0) is 38.3 Å². The minimum atomic E-state index is -0.409. The fourth-order valence-corrected chi connectivity index (χ4v) is 2.54. The lowest BCUT2D eigenvalue weighted by atomic mass is 10.0. The summed E-state index contributed by atoms with van der Waals surface area (Å²) >= 11 is 0. The molecule has 5 heteroatoms. The maximum absolute atomic E-state index is 12.3. The molecule has 1 amide bonds. The lowest BCUT2D eigenvalue weighted by Gasteiger charge is -2.34. The number of carbonyl (C=O) groups excluding carboxylic acids is 2. The molecule has 110 valence electrons. The van der Waals surface area contributed by atoms with Crippen LogP contribution in [0, 0.1) is 0 Å². The summed E-state index contributed by atoms with van der Waals surface area (Å²) in [7, 11) is 0. The number of likely N-dealkylation sites (tertiary alicyclic amines) is 1. The Bertz CT molecular complexity index is 441. The van der Waals surface area contributed by atoms with Crippen LogP contribution in [-0.4, -0.2) is 36.0 Å².